The van der Waals surface area contributed by atoms with Gasteiger partial charge in [0.1, 0.15) is 28.7 Å². The first-order valence-electron chi connectivity index (χ1n) is 14.4. The predicted octanol–water partition coefficient (Wildman–Crippen LogP) is 7.23. The maximum atomic E-state index is 13.7. The standard InChI is InChI=1S/C31H33ClF4N4O6S/c1-18-13-20(33)5-6-25(18)45-26-16-23(31(34,35)36)24(32)15-22(26)28(41)38-21-7-10-37-27(14-21)40(47(43)44)17-19-8-11-39(12-9-19)29(42)46-30(2,3)4/h5-7,10,13-16,19,47H,8-9,11-12,17H2,1-4H3,(H,37,38,41). The zero-order valence-electron chi connectivity index (χ0n) is 25.9. The van der Waals surface area contributed by atoms with E-state index in [9.17, 15) is 35.6 Å². The molecule has 1 aromatic heterocycles. The van der Waals surface area contributed by atoms with Gasteiger partial charge in [-0.15, -0.1) is 0 Å². The number of alkyl halides is 3. The number of aryl methyl sites for hydroxylation is 1. The van der Waals surface area contributed by atoms with Gasteiger partial charge >= 0.3 is 12.3 Å². The zero-order chi connectivity index (χ0) is 34.7. The second-order valence-electron chi connectivity index (χ2n) is 11.9. The molecule has 0 radical (unpaired) electrons. The number of pyridine rings is 1. The lowest BCUT2D eigenvalue weighted by atomic mass is 9.97. The molecule has 2 amide bonds. The number of nitrogens with one attached hydrogen (secondary N) is 1. The van der Waals surface area contributed by atoms with Crippen molar-refractivity contribution in [2.75, 3.05) is 29.3 Å². The van der Waals surface area contributed by atoms with Gasteiger partial charge in [0.15, 0.2) is 0 Å². The highest BCUT2D eigenvalue weighted by atomic mass is 35.5. The average Bonchev–Trinajstić information content (AvgIpc) is 2.96. The summed E-state index contributed by atoms with van der Waals surface area (Å²) in [7, 11) is -3.16. The molecule has 1 fully saturated rings. The molecule has 2 heterocycles. The van der Waals surface area contributed by atoms with Crippen molar-refractivity contribution in [2.24, 2.45) is 5.92 Å². The normalized spacial score (nSPS) is 14.2. The van der Waals surface area contributed by atoms with E-state index in [1.54, 1.807) is 25.7 Å². The number of hydrogen-bond acceptors (Lipinski definition) is 7. The Morgan fingerprint density at radius 1 is 1.06 bits per heavy atom. The highest BCUT2D eigenvalue weighted by Gasteiger charge is 2.35. The Hall–Kier alpha value is -4.11. The van der Waals surface area contributed by atoms with Crippen LogP contribution < -0.4 is 14.4 Å². The lowest BCUT2D eigenvalue weighted by molar-refractivity contribution is -0.137. The maximum absolute atomic E-state index is 13.7. The van der Waals surface area contributed by atoms with E-state index in [-0.39, 0.29) is 40.8 Å². The van der Waals surface area contributed by atoms with Gasteiger partial charge in [0.05, 0.1) is 16.1 Å². The summed E-state index contributed by atoms with van der Waals surface area (Å²) >= 11 is 5.92. The summed E-state index contributed by atoms with van der Waals surface area (Å²) in [5.41, 5.74) is -1.91. The molecule has 2 aromatic carbocycles. The van der Waals surface area contributed by atoms with Gasteiger partial charge in [-0.3, -0.25) is 9.10 Å². The Labute approximate surface area is 275 Å². The molecule has 0 spiro atoms. The van der Waals surface area contributed by atoms with Gasteiger partial charge in [-0.2, -0.15) is 13.2 Å². The molecule has 0 saturated carbocycles. The van der Waals surface area contributed by atoms with E-state index in [0.29, 0.717) is 32.0 Å². The third-order valence-electron chi connectivity index (χ3n) is 7.14. The van der Waals surface area contributed by atoms with Crippen LogP contribution in [0.1, 0.15) is 55.1 Å². The molecule has 10 nitrogen and oxygen atoms in total. The van der Waals surface area contributed by atoms with Crippen molar-refractivity contribution in [3.8, 4) is 11.5 Å². The van der Waals surface area contributed by atoms with Crippen molar-refractivity contribution >= 4 is 46.0 Å². The SMILES string of the molecule is Cc1cc(F)ccc1Oc1cc(C(F)(F)F)c(Cl)cc1C(=O)Nc1ccnc(N(CC2CCN(C(=O)OC(C)(C)C)CC2)[SH](=O)=O)c1. The number of aromatic nitrogens is 1. The molecule has 0 atom stereocenters. The number of nitrogens with zero attached hydrogens (tertiary/aromatic N) is 3. The number of ether oxygens (including phenoxy) is 2. The summed E-state index contributed by atoms with van der Waals surface area (Å²) in [6, 6.07) is 7.44. The monoisotopic (exact) mass is 700 g/mol. The second-order valence-corrected chi connectivity index (χ2v) is 13.3. The number of anilines is 2. The van der Waals surface area contributed by atoms with Gasteiger partial charge < -0.3 is 19.7 Å². The summed E-state index contributed by atoms with van der Waals surface area (Å²) in [5, 5.41) is 1.77. The molecule has 0 unspecified atom stereocenters. The summed E-state index contributed by atoms with van der Waals surface area (Å²) in [6.07, 6.45) is -3.02. The minimum absolute atomic E-state index is 0.00246. The highest BCUT2D eigenvalue weighted by Crippen LogP contribution is 2.40. The topological polar surface area (TPSA) is 118 Å². The lowest BCUT2D eigenvalue weighted by Gasteiger charge is -2.34. The smallest absolute Gasteiger partial charge is 0.417 e. The fourth-order valence-electron chi connectivity index (χ4n) is 4.83. The van der Waals surface area contributed by atoms with Gasteiger partial charge in [0.25, 0.3) is 5.91 Å². The number of rotatable bonds is 8. The molecule has 1 aliphatic heterocycles. The van der Waals surface area contributed by atoms with Gasteiger partial charge in [0, 0.05) is 37.6 Å². The number of halogens is 5. The number of carbonyl (C=O) groups excluding carboxylic acids is 2. The molecule has 0 aliphatic carbocycles. The Morgan fingerprint density at radius 3 is 2.34 bits per heavy atom. The first kappa shape index (κ1) is 35.7. The number of likely N-dealkylation sites (tertiary alicyclic amines) is 1. The van der Waals surface area contributed by atoms with Crippen LogP contribution in [0.3, 0.4) is 0 Å². The van der Waals surface area contributed by atoms with Gasteiger partial charge in [-0.25, -0.2) is 22.6 Å². The van der Waals surface area contributed by atoms with Gasteiger partial charge in [0.2, 0.25) is 10.9 Å². The van der Waals surface area contributed by atoms with Crippen LogP contribution >= 0.6 is 11.6 Å². The number of piperidine rings is 1. The minimum atomic E-state index is -4.87. The van der Waals surface area contributed by atoms with Crippen LogP contribution in [0.25, 0.3) is 0 Å². The quantitative estimate of drug-likeness (QED) is 0.188. The lowest BCUT2D eigenvalue weighted by Crippen LogP contribution is -2.43. The highest BCUT2D eigenvalue weighted by molar-refractivity contribution is 7.74. The van der Waals surface area contributed by atoms with Crippen LogP contribution in [0.5, 0.6) is 11.5 Å². The third-order valence-corrected chi connectivity index (χ3v) is 8.21. The number of carbonyl (C=O) groups is 2. The van der Waals surface area contributed by atoms with Crippen molar-refractivity contribution in [1.82, 2.24) is 9.88 Å². The Bertz CT molecular complexity index is 1710. The molecule has 0 bridgehead atoms. The van der Waals surface area contributed by atoms with Crippen LogP contribution in [-0.4, -0.2) is 55.5 Å². The van der Waals surface area contributed by atoms with E-state index < -0.39 is 56.8 Å². The average molecular weight is 701 g/mol. The van der Waals surface area contributed by atoms with Crippen molar-refractivity contribution in [1.29, 1.82) is 0 Å². The van der Waals surface area contributed by atoms with E-state index in [0.717, 1.165) is 22.5 Å². The number of amides is 2. The molecular weight excluding hydrogens is 668 g/mol. The summed E-state index contributed by atoms with van der Waals surface area (Å²) in [4.78, 5) is 31.5. The third kappa shape index (κ3) is 9.47. The van der Waals surface area contributed by atoms with E-state index in [4.69, 9.17) is 21.1 Å². The molecule has 1 N–H and O–H groups in total. The second kappa shape index (κ2) is 14.3. The molecule has 254 valence electrons. The van der Waals surface area contributed by atoms with Crippen LogP contribution in [-0.2, 0) is 21.8 Å². The summed E-state index contributed by atoms with van der Waals surface area (Å²) in [6.45, 7) is 7.61. The first-order chi connectivity index (χ1) is 21.9. The van der Waals surface area contributed by atoms with Crippen molar-refractivity contribution in [3.05, 3.63) is 76.2 Å². The molecule has 16 heteroatoms. The maximum Gasteiger partial charge on any atom is 0.417 e. The van der Waals surface area contributed by atoms with Crippen LogP contribution in [0.15, 0.2) is 48.7 Å². The van der Waals surface area contributed by atoms with E-state index in [2.05, 4.69) is 10.3 Å². The number of benzene rings is 2. The molecule has 4 rings (SSSR count). The van der Waals surface area contributed by atoms with Crippen LogP contribution in [0, 0.1) is 18.7 Å². The Morgan fingerprint density at radius 2 is 1.74 bits per heavy atom. The van der Waals surface area contributed by atoms with Gasteiger partial charge in [-0.1, -0.05) is 11.6 Å². The van der Waals surface area contributed by atoms with Crippen molar-refractivity contribution in [2.45, 2.75) is 52.3 Å². The Balaban J connectivity index is 1.54. The molecule has 47 heavy (non-hydrogen) atoms. The van der Waals surface area contributed by atoms with Crippen LogP contribution in [0.2, 0.25) is 5.02 Å². The summed E-state index contributed by atoms with van der Waals surface area (Å²) in [5.74, 6) is -2.10. The number of thiol groups is 1. The van der Waals surface area contributed by atoms with E-state index in [1.165, 1.54) is 31.3 Å². The molecular formula is C31H33ClF4N4O6S. The van der Waals surface area contributed by atoms with Gasteiger partial charge in [-0.05, 0) is 88.4 Å². The zero-order valence-corrected chi connectivity index (χ0v) is 27.5. The molecule has 1 saturated heterocycles. The fraction of sp³-hybridized carbons (Fsp3) is 0.387. The summed E-state index contributed by atoms with van der Waals surface area (Å²) < 4.78 is 91.3. The first-order valence-corrected chi connectivity index (χ1v) is 15.9. The van der Waals surface area contributed by atoms with Crippen molar-refractivity contribution < 1.29 is 45.0 Å². The van der Waals surface area contributed by atoms with Crippen LogP contribution in [0.4, 0.5) is 33.9 Å². The largest absolute Gasteiger partial charge is 0.456 e. The van der Waals surface area contributed by atoms with Crippen molar-refractivity contribution in [3.63, 3.8) is 0 Å². The van der Waals surface area contributed by atoms with E-state index >= 15 is 0 Å². The fourth-order valence-corrected chi connectivity index (χ4v) is 5.74. The number of hydrogen-bond donors (Lipinski definition) is 2. The predicted molar refractivity (Wildman–Crippen MR) is 168 cm³/mol. The molecule has 3 aromatic rings. The Kier molecular flexibility index (Phi) is 10.9. The minimum Gasteiger partial charge on any atom is -0.456 e. The molecule has 1 aliphatic rings. The van der Waals surface area contributed by atoms with E-state index in [1.807, 2.05) is 0 Å².